The molecule has 104 valence electrons. The second kappa shape index (κ2) is 7.31. The number of halogens is 1. The molecule has 1 N–H and O–H groups in total. The van der Waals surface area contributed by atoms with Crippen LogP contribution in [0.5, 0.6) is 0 Å². The minimum absolute atomic E-state index is 0.216. The number of aliphatic carboxylic acids is 1. The highest BCUT2D eigenvalue weighted by Crippen LogP contribution is 2.22. The normalized spacial score (nSPS) is 11.2. The van der Waals surface area contributed by atoms with Crippen LogP contribution in [0.15, 0.2) is 18.2 Å². The molecule has 0 aliphatic carbocycles. The molecular weight excluding hydrogens is 286 g/mol. The van der Waals surface area contributed by atoms with Crippen molar-refractivity contribution >= 4 is 40.9 Å². The summed E-state index contributed by atoms with van der Waals surface area (Å²) < 4.78 is 0.650. The Balaban J connectivity index is 2.70. The van der Waals surface area contributed by atoms with Crippen LogP contribution in [0.1, 0.15) is 18.7 Å². The van der Waals surface area contributed by atoms with Crippen LogP contribution < -0.4 is 0 Å². The molecule has 19 heavy (non-hydrogen) atoms. The standard InChI is InChI=1S/C13H16ClNO3S/c1-9(2)7-15(8-13(17)18)12(16)6-4-10-3-5-11(14)19-10/h3-6,9H,7-8H2,1-2H3,(H,17,18). The molecule has 0 bridgehead atoms. The van der Waals surface area contributed by atoms with Crippen LogP contribution >= 0.6 is 22.9 Å². The van der Waals surface area contributed by atoms with E-state index in [9.17, 15) is 9.59 Å². The molecule has 1 heterocycles. The Morgan fingerprint density at radius 3 is 2.63 bits per heavy atom. The van der Waals surface area contributed by atoms with E-state index in [0.717, 1.165) is 4.88 Å². The van der Waals surface area contributed by atoms with E-state index in [4.69, 9.17) is 16.7 Å². The predicted octanol–water partition coefficient (Wildman–Crippen LogP) is 2.98. The number of hydrogen-bond acceptors (Lipinski definition) is 3. The summed E-state index contributed by atoms with van der Waals surface area (Å²) in [5.41, 5.74) is 0. The van der Waals surface area contributed by atoms with E-state index < -0.39 is 5.97 Å². The summed E-state index contributed by atoms with van der Waals surface area (Å²) >= 11 is 7.15. The highest BCUT2D eigenvalue weighted by molar-refractivity contribution is 7.17. The molecule has 0 unspecified atom stereocenters. The van der Waals surface area contributed by atoms with Gasteiger partial charge < -0.3 is 10.0 Å². The maximum atomic E-state index is 11.9. The summed E-state index contributed by atoms with van der Waals surface area (Å²) in [7, 11) is 0. The molecule has 0 aliphatic heterocycles. The van der Waals surface area contributed by atoms with Crippen molar-refractivity contribution in [2.24, 2.45) is 5.92 Å². The molecular formula is C13H16ClNO3S. The second-order valence-corrected chi connectivity index (χ2v) is 6.23. The first-order valence-electron chi connectivity index (χ1n) is 5.82. The molecule has 6 heteroatoms. The van der Waals surface area contributed by atoms with Gasteiger partial charge in [0.25, 0.3) is 0 Å². The van der Waals surface area contributed by atoms with Crippen LogP contribution in [-0.4, -0.2) is 35.0 Å². The fourth-order valence-electron chi connectivity index (χ4n) is 1.51. The maximum Gasteiger partial charge on any atom is 0.323 e. The van der Waals surface area contributed by atoms with Crippen molar-refractivity contribution in [1.82, 2.24) is 4.90 Å². The lowest BCUT2D eigenvalue weighted by atomic mass is 10.2. The molecule has 0 fully saturated rings. The average molecular weight is 302 g/mol. The van der Waals surface area contributed by atoms with E-state index in [2.05, 4.69) is 0 Å². The van der Waals surface area contributed by atoms with E-state index in [1.54, 1.807) is 18.2 Å². The number of carboxylic acid groups (broad SMARTS) is 1. The van der Waals surface area contributed by atoms with Crippen LogP contribution in [0.3, 0.4) is 0 Å². The molecule has 0 spiro atoms. The first kappa shape index (κ1) is 15.7. The number of carbonyl (C=O) groups excluding carboxylic acids is 1. The molecule has 0 aliphatic rings. The zero-order chi connectivity index (χ0) is 14.4. The van der Waals surface area contributed by atoms with Gasteiger partial charge in [0.1, 0.15) is 6.54 Å². The van der Waals surface area contributed by atoms with Gasteiger partial charge in [0, 0.05) is 17.5 Å². The Kier molecular flexibility index (Phi) is 6.05. The summed E-state index contributed by atoms with van der Waals surface area (Å²) in [5, 5.41) is 8.80. The smallest absolute Gasteiger partial charge is 0.323 e. The number of amides is 1. The molecule has 1 rings (SSSR count). The van der Waals surface area contributed by atoms with Gasteiger partial charge in [-0.15, -0.1) is 11.3 Å². The van der Waals surface area contributed by atoms with Crippen molar-refractivity contribution in [3.63, 3.8) is 0 Å². The van der Waals surface area contributed by atoms with Gasteiger partial charge in [0.2, 0.25) is 5.91 Å². The lowest BCUT2D eigenvalue weighted by Crippen LogP contribution is -2.37. The van der Waals surface area contributed by atoms with Crippen molar-refractivity contribution in [3.05, 3.63) is 27.4 Å². The van der Waals surface area contributed by atoms with E-state index in [-0.39, 0.29) is 18.4 Å². The van der Waals surface area contributed by atoms with Crippen LogP contribution in [-0.2, 0) is 9.59 Å². The Hall–Kier alpha value is -1.33. The number of hydrogen-bond donors (Lipinski definition) is 1. The van der Waals surface area contributed by atoms with Crippen LogP contribution in [0, 0.1) is 5.92 Å². The lowest BCUT2D eigenvalue weighted by molar-refractivity contribution is -0.143. The van der Waals surface area contributed by atoms with Crippen molar-refractivity contribution in [2.75, 3.05) is 13.1 Å². The second-order valence-electron chi connectivity index (χ2n) is 4.48. The monoisotopic (exact) mass is 301 g/mol. The maximum absolute atomic E-state index is 11.9. The van der Waals surface area contributed by atoms with Gasteiger partial charge in [-0.25, -0.2) is 0 Å². The first-order chi connectivity index (χ1) is 8.88. The van der Waals surface area contributed by atoms with E-state index in [1.165, 1.54) is 22.3 Å². The summed E-state index contributed by atoms with van der Waals surface area (Å²) in [6.45, 7) is 4.00. The van der Waals surface area contributed by atoms with Gasteiger partial charge >= 0.3 is 5.97 Å². The third-order valence-electron chi connectivity index (χ3n) is 2.21. The quantitative estimate of drug-likeness (QED) is 0.822. The molecule has 0 radical (unpaired) electrons. The zero-order valence-electron chi connectivity index (χ0n) is 10.8. The third-order valence-corrected chi connectivity index (χ3v) is 3.40. The summed E-state index contributed by atoms with van der Waals surface area (Å²) in [5.74, 6) is -1.10. The fourth-order valence-corrected chi connectivity index (χ4v) is 2.48. The Labute approximate surface area is 121 Å². The third kappa shape index (κ3) is 5.89. The fraction of sp³-hybridized carbons (Fsp3) is 0.385. The van der Waals surface area contributed by atoms with Gasteiger partial charge in [-0.05, 0) is 24.1 Å². The minimum Gasteiger partial charge on any atom is -0.480 e. The summed E-state index contributed by atoms with van der Waals surface area (Å²) in [6, 6.07) is 3.56. The first-order valence-corrected chi connectivity index (χ1v) is 7.02. The lowest BCUT2D eigenvalue weighted by Gasteiger charge is -2.21. The van der Waals surface area contributed by atoms with Crippen LogP contribution in [0.25, 0.3) is 6.08 Å². The Morgan fingerprint density at radius 2 is 2.16 bits per heavy atom. The van der Waals surface area contributed by atoms with E-state index in [1.807, 2.05) is 13.8 Å². The topological polar surface area (TPSA) is 57.6 Å². The molecule has 1 amide bonds. The van der Waals surface area contributed by atoms with Crippen molar-refractivity contribution in [2.45, 2.75) is 13.8 Å². The molecule has 0 atom stereocenters. The number of rotatable bonds is 6. The summed E-state index contributed by atoms with van der Waals surface area (Å²) in [6.07, 6.45) is 3.03. The van der Waals surface area contributed by atoms with Gasteiger partial charge in [-0.3, -0.25) is 9.59 Å². The average Bonchev–Trinajstić information content (AvgIpc) is 2.70. The van der Waals surface area contributed by atoms with E-state index >= 15 is 0 Å². The minimum atomic E-state index is -1.01. The van der Waals surface area contributed by atoms with Crippen LogP contribution in [0.2, 0.25) is 4.34 Å². The largest absolute Gasteiger partial charge is 0.480 e. The number of thiophene rings is 1. The van der Waals surface area contributed by atoms with Gasteiger partial charge in [0.15, 0.2) is 0 Å². The number of nitrogens with zero attached hydrogens (tertiary/aromatic N) is 1. The predicted molar refractivity (Wildman–Crippen MR) is 77.4 cm³/mol. The number of carbonyl (C=O) groups is 2. The molecule has 1 aromatic heterocycles. The molecule has 0 aromatic carbocycles. The highest BCUT2D eigenvalue weighted by atomic mass is 35.5. The van der Waals surface area contributed by atoms with Crippen molar-refractivity contribution in [1.29, 1.82) is 0 Å². The van der Waals surface area contributed by atoms with Gasteiger partial charge in [-0.1, -0.05) is 25.4 Å². The van der Waals surface area contributed by atoms with Gasteiger partial charge in [-0.2, -0.15) is 0 Å². The molecule has 0 saturated carbocycles. The molecule has 4 nitrogen and oxygen atoms in total. The molecule has 0 saturated heterocycles. The molecule has 1 aromatic rings. The zero-order valence-corrected chi connectivity index (χ0v) is 12.4. The van der Waals surface area contributed by atoms with Crippen molar-refractivity contribution < 1.29 is 14.7 Å². The summed E-state index contributed by atoms with van der Waals surface area (Å²) in [4.78, 5) is 24.9. The van der Waals surface area contributed by atoms with Gasteiger partial charge in [0.05, 0.1) is 4.34 Å². The SMILES string of the molecule is CC(C)CN(CC(=O)O)C(=O)C=Cc1ccc(Cl)s1. The highest BCUT2D eigenvalue weighted by Gasteiger charge is 2.15. The Morgan fingerprint density at radius 1 is 1.47 bits per heavy atom. The van der Waals surface area contributed by atoms with Crippen molar-refractivity contribution in [3.8, 4) is 0 Å². The Bertz CT molecular complexity index is 482. The van der Waals surface area contributed by atoms with E-state index in [0.29, 0.717) is 10.9 Å². The van der Waals surface area contributed by atoms with Crippen LogP contribution in [0.4, 0.5) is 0 Å². The number of carboxylic acids is 1.